The lowest BCUT2D eigenvalue weighted by molar-refractivity contribution is 0.322. The summed E-state index contributed by atoms with van der Waals surface area (Å²) >= 11 is 18.0. The Hall–Kier alpha value is -1.63. The van der Waals surface area contributed by atoms with Crippen LogP contribution in [0, 0.1) is 0 Å². The average molecular weight is 405 g/mol. The Morgan fingerprint density at radius 3 is 2.56 bits per heavy atom. The minimum atomic E-state index is 0.386. The number of guanidine groups is 1. The molecule has 0 atom stereocenters. The van der Waals surface area contributed by atoms with Crippen molar-refractivity contribution in [2.24, 2.45) is 4.99 Å². The van der Waals surface area contributed by atoms with Crippen LogP contribution in [-0.2, 0) is 6.54 Å². The number of benzene rings is 1. The van der Waals surface area contributed by atoms with Gasteiger partial charge < -0.3 is 19.9 Å². The second kappa shape index (κ2) is 10.4. The summed E-state index contributed by atoms with van der Waals surface area (Å²) in [4.78, 5) is 8.17. The van der Waals surface area contributed by atoms with E-state index in [0.29, 0.717) is 39.9 Å². The average Bonchev–Trinajstić information content (AvgIpc) is 3.08. The summed E-state index contributed by atoms with van der Waals surface area (Å²) in [6.45, 7) is 2.64. The summed E-state index contributed by atoms with van der Waals surface area (Å²) in [5.41, 5.74) is 0. The molecule has 0 fully saturated rings. The molecule has 0 unspecified atom stereocenters. The van der Waals surface area contributed by atoms with Gasteiger partial charge in [0, 0.05) is 37.6 Å². The second-order valence-corrected chi connectivity index (χ2v) is 6.38. The third-order valence-corrected chi connectivity index (χ3v) is 4.05. The minimum Gasteiger partial charge on any atom is -0.489 e. The van der Waals surface area contributed by atoms with Crippen molar-refractivity contribution in [3.05, 3.63) is 45.9 Å². The van der Waals surface area contributed by atoms with E-state index in [2.05, 4.69) is 20.6 Å². The molecule has 0 bridgehead atoms. The van der Waals surface area contributed by atoms with Crippen molar-refractivity contribution in [1.82, 2.24) is 20.2 Å². The van der Waals surface area contributed by atoms with Crippen LogP contribution in [0.2, 0.25) is 15.1 Å². The first-order valence-corrected chi connectivity index (χ1v) is 8.91. The molecule has 0 spiro atoms. The lowest BCUT2D eigenvalue weighted by Crippen LogP contribution is -2.39. The van der Waals surface area contributed by atoms with E-state index in [0.717, 1.165) is 19.5 Å². The molecule has 6 nitrogen and oxygen atoms in total. The molecule has 0 saturated carbocycles. The Kier molecular flexibility index (Phi) is 8.18. The Balaban J connectivity index is 1.66. The SMILES string of the molecule is CN=C(NCCCn1ccnc1)NCCOc1c(Cl)cc(Cl)cc1Cl. The topological polar surface area (TPSA) is 63.5 Å². The first-order valence-electron chi connectivity index (χ1n) is 7.77. The van der Waals surface area contributed by atoms with Crippen LogP contribution < -0.4 is 15.4 Å². The highest BCUT2D eigenvalue weighted by molar-refractivity contribution is 6.40. The van der Waals surface area contributed by atoms with Gasteiger partial charge in [0.2, 0.25) is 0 Å². The van der Waals surface area contributed by atoms with Crippen molar-refractivity contribution >= 4 is 40.8 Å². The van der Waals surface area contributed by atoms with Crippen molar-refractivity contribution < 1.29 is 4.74 Å². The van der Waals surface area contributed by atoms with Crippen LogP contribution in [0.15, 0.2) is 35.8 Å². The molecule has 0 amide bonds. The number of aromatic nitrogens is 2. The van der Waals surface area contributed by atoms with Crippen LogP contribution in [0.1, 0.15) is 6.42 Å². The molecular formula is C16H20Cl3N5O. The van der Waals surface area contributed by atoms with Crippen molar-refractivity contribution in [3.63, 3.8) is 0 Å². The van der Waals surface area contributed by atoms with E-state index in [1.807, 2.05) is 10.8 Å². The highest BCUT2D eigenvalue weighted by atomic mass is 35.5. The maximum atomic E-state index is 6.07. The zero-order chi connectivity index (χ0) is 18.1. The number of hydrogen-bond donors (Lipinski definition) is 2. The molecule has 136 valence electrons. The van der Waals surface area contributed by atoms with Gasteiger partial charge in [0.05, 0.1) is 22.9 Å². The van der Waals surface area contributed by atoms with Gasteiger partial charge in [-0.05, 0) is 18.6 Å². The van der Waals surface area contributed by atoms with E-state index in [1.54, 1.807) is 31.7 Å². The van der Waals surface area contributed by atoms with Crippen LogP contribution in [0.25, 0.3) is 0 Å². The predicted molar refractivity (Wildman–Crippen MR) is 103 cm³/mol. The molecule has 0 radical (unpaired) electrons. The van der Waals surface area contributed by atoms with Crippen molar-refractivity contribution in [3.8, 4) is 5.75 Å². The summed E-state index contributed by atoms with van der Waals surface area (Å²) in [7, 11) is 1.72. The fourth-order valence-corrected chi connectivity index (χ4v) is 3.02. The molecule has 1 aromatic heterocycles. The summed E-state index contributed by atoms with van der Waals surface area (Å²) in [5.74, 6) is 1.14. The molecule has 0 saturated heterocycles. The second-order valence-electron chi connectivity index (χ2n) is 5.13. The number of aliphatic imine (C=N–C) groups is 1. The largest absolute Gasteiger partial charge is 0.489 e. The lowest BCUT2D eigenvalue weighted by Gasteiger charge is -2.14. The number of rotatable bonds is 8. The Bertz CT molecular complexity index is 668. The van der Waals surface area contributed by atoms with Crippen LogP contribution in [0.3, 0.4) is 0 Å². The maximum Gasteiger partial charge on any atom is 0.191 e. The number of imidazole rings is 1. The molecule has 0 aliphatic rings. The molecule has 2 N–H and O–H groups in total. The van der Waals surface area contributed by atoms with Gasteiger partial charge in [0.15, 0.2) is 11.7 Å². The fourth-order valence-electron chi connectivity index (χ4n) is 2.10. The molecular weight excluding hydrogens is 385 g/mol. The van der Waals surface area contributed by atoms with Crippen LogP contribution in [0.4, 0.5) is 0 Å². The van der Waals surface area contributed by atoms with Crippen LogP contribution in [-0.4, -0.2) is 42.3 Å². The molecule has 2 rings (SSSR count). The van der Waals surface area contributed by atoms with Gasteiger partial charge in [-0.3, -0.25) is 4.99 Å². The number of ether oxygens (including phenoxy) is 1. The Morgan fingerprint density at radius 2 is 1.92 bits per heavy atom. The smallest absolute Gasteiger partial charge is 0.191 e. The minimum absolute atomic E-state index is 0.386. The Labute approximate surface area is 162 Å². The monoisotopic (exact) mass is 403 g/mol. The summed E-state index contributed by atoms with van der Waals surface area (Å²) < 4.78 is 7.65. The van der Waals surface area contributed by atoms with Gasteiger partial charge in [-0.1, -0.05) is 34.8 Å². The quantitative estimate of drug-likeness (QED) is 0.402. The molecule has 1 heterocycles. The van der Waals surface area contributed by atoms with E-state index in [-0.39, 0.29) is 0 Å². The maximum absolute atomic E-state index is 6.07. The Morgan fingerprint density at radius 1 is 1.20 bits per heavy atom. The van der Waals surface area contributed by atoms with Crippen molar-refractivity contribution in [1.29, 1.82) is 0 Å². The number of hydrogen-bond acceptors (Lipinski definition) is 3. The highest BCUT2D eigenvalue weighted by Gasteiger charge is 2.09. The number of halogens is 3. The summed E-state index contributed by atoms with van der Waals surface area (Å²) in [6, 6.07) is 3.19. The highest BCUT2D eigenvalue weighted by Crippen LogP contribution is 2.35. The van der Waals surface area contributed by atoms with Gasteiger partial charge in [0.25, 0.3) is 0 Å². The van der Waals surface area contributed by atoms with E-state index in [4.69, 9.17) is 39.5 Å². The standard InChI is InChI=1S/C16H20Cl3N5O/c1-20-16(22-3-2-6-24-7-4-21-11-24)23-5-8-25-15-13(18)9-12(17)10-14(15)19/h4,7,9-11H,2-3,5-6,8H2,1H3,(H2,20,22,23). The van der Waals surface area contributed by atoms with Crippen LogP contribution >= 0.6 is 34.8 Å². The molecule has 0 aliphatic heterocycles. The van der Waals surface area contributed by atoms with Crippen molar-refractivity contribution in [2.75, 3.05) is 26.7 Å². The van der Waals surface area contributed by atoms with Gasteiger partial charge in [-0.25, -0.2) is 4.98 Å². The third kappa shape index (κ3) is 6.65. The number of aryl methyl sites for hydroxylation is 1. The number of nitrogens with zero attached hydrogens (tertiary/aromatic N) is 3. The number of nitrogens with one attached hydrogen (secondary N) is 2. The molecule has 9 heteroatoms. The molecule has 0 aliphatic carbocycles. The van der Waals surface area contributed by atoms with E-state index in [9.17, 15) is 0 Å². The molecule has 1 aromatic carbocycles. The van der Waals surface area contributed by atoms with Gasteiger partial charge in [-0.2, -0.15) is 0 Å². The van der Waals surface area contributed by atoms with Crippen LogP contribution in [0.5, 0.6) is 5.75 Å². The molecule has 25 heavy (non-hydrogen) atoms. The van der Waals surface area contributed by atoms with E-state index in [1.165, 1.54) is 0 Å². The van der Waals surface area contributed by atoms with Gasteiger partial charge >= 0.3 is 0 Å². The zero-order valence-electron chi connectivity index (χ0n) is 13.8. The summed E-state index contributed by atoms with van der Waals surface area (Å²) in [5, 5.41) is 7.66. The zero-order valence-corrected chi connectivity index (χ0v) is 16.1. The third-order valence-electron chi connectivity index (χ3n) is 3.27. The van der Waals surface area contributed by atoms with E-state index < -0.39 is 0 Å². The van der Waals surface area contributed by atoms with E-state index >= 15 is 0 Å². The van der Waals surface area contributed by atoms with Gasteiger partial charge in [0.1, 0.15) is 6.61 Å². The molecule has 2 aromatic rings. The lowest BCUT2D eigenvalue weighted by atomic mass is 10.3. The summed E-state index contributed by atoms with van der Waals surface area (Å²) in [6.07, 6.45) is 6.48. The fraction of sp³-hybridized carbons (Fsp3) is 0.375. The predicted octanol–water partition coefficient (Wildman–Crippen LogP) is 3.48. The van der Waals surface area contributed by atoms with Gasteiger partial charge in [-0.15, -0.1) is 0 Å². The normalized spacial score (nSPS) is 11.4. The van der Waals surface area contributed by atoms with Crippen molar-refractivity contribution in [2.45, 2.75) is 13.0 Å². The first kappa shape index (κ1) is 19.7. The first-order chi connectivity index (χ1) is 12.1.